The van der Waals surface area contributed by atoms with Gasteiger partial charge in [0.05, 0.1) is 11.6 Å². The second-order valence-electron chi connectivity index (χ2n) is 4.36. The van der Waals surface area contributed by atoms with Crippen LogP contribution in [0.15, 0.2) is 24.3 Å². The average molecular weight is 246 g/mol. The summed E-state index contributed by atoms with van der Waals surface area (Å²) in [6, 6.07) is 10.5. The second-order valence-corrected chi connectivity index (χ2v) is 5.88. The van der Waals surface area contributed by atoms with E-state index < -0.39 is 0 Å². The highest BCUT2D eigenvalue weighted by Crippen LogP contribution is 2.32. The topological polar surface area (TPSA) is 35.8 Å². The number of thioether (sulfide) groups is 1. The van der Waals surface area contributed by atoms with Gasteiger partial charge >= 0.3 is 0 Å². The lowest BCUT2D eigenvalue weighted by Gasteiger charge is -2.21. The molecule has 0 spiro atoms. The first-order valence-electron chi connectivity index (χ1n) is 6.21. The van der Waals surface area contributed by atoms with Crippen LogP contribution in [-0.4, -0.2) is 17.0 Å². The van der Waals surface area contributed by atoms with Crippen molar-refractivity contribution in [1.82, 2.24) is 0 Å². The van der Waals surface area contributed by atoms with Crippen LogP contribution in [0.3, 0.4) is 0 Å². The van der Waals surface area contributed by atoms with Crippen LogP contribution in [0.5, 0.6) is 0 Å². The predicted octanol–water partition coefficient (Wildman–Crippen LogP) is 3.64. The number of anilines is 1. The normalized spacial score (nSPS) is 23.3. The van der Waals surface area contributed by atoms with Gasteiger partial charge in [0.2, 0.25) is 0 Å². The van der Waals surface area contributed by atoms with Crippen LogP contribution in [0.2, 0.25) is 0 Å². The number of nitrogens with one attached hydrogen (secondary N) is 1. The van der Waals surface area contributed by atoms with Crippen molar-refractivity contribution < 1.29 is 0 Å². The van der Waals surface area contributed by atoms with Crippen LogP contribution >= 0.6 is 11.8 Å². The fourth-order valence-electron chi connectivity index (χ4n) is 2.36. The maximum Gasteiger partial charge on any atom is 0.0991 e. The Bertz CT molecular complexity index is 394. The molecule has 2 unspecified atom stereocenters. The van der Waals surface area contributed by atoms with Crippen molar-refractivity contribution in [3.05, 3.63) is 29.8 Å². The Labute approximate surface area is 107 Å². The molecule has 0 heterocycles. The van der Waals surface area contributed by atoms with Crippen molar-refractivity contribution in [3.63, 3.8) is 0 Å². The van der Waals surface area contributed by atoms with Gasteiger partial charge in [-0.2, -0.15) is 17.0 Å². The maximum atomic E-state index is 8.75. The summed E-state index contributed by atoms with van der Waals surface area (Å²) in [7, 11) is 0. The third-order valence-corrected chi connectivity index (χ3v) is 4.53. The molecule has 0 amide bonds. The molecule has 0 radical (unpaired) electrons. The molecule has 1 aromatic rings. The van der Waals surface area contributed by atoms with Gasteiger partial charge < -0.3 is 5.32 Å². The van der Waals surface area contributed by atoms with Crippen LogP contribution in [0.25, 0.3) is 0 Å². The van der Waals surface area contributed by atoms with E-state index in [4.69, 9.17) is 5.26 Å². The molecule has 1 saturated carbocycles. The van der Waals surface area contributed by atoms with Gasteiger partial charge in [0.25, 0.3) is 0 Å². The first kappa shape index (κ1) is 12.3. The average Bonchev–Trinajstić information content (AvgIpc) is 2.78. The molecule has 0 aliphatic heterocycles. The van der Waals surface area contributed by atoms with Crippen LogP contribution in [0, 0.1) is 11.3 Å². The Morgan fingerprint density at radius 2 is 2.12 bits per heavy atom. The van der Waals surface area contributed by atoms with Crippen molar-refractivity contribution in [2.24, 2.45) is 0 Å². The van der Waals surface area contributed by atoms with E-state index in [1.54, 1.807) is 0 Å². The monoisotopic (exact) mass is 246 g/mol. The smallest absolute Gasteiger partial charge is 0.0991 e. The highest BCUT2D eigenvalue weighted by molar-refractivity contribution is 7.99. The van der Waals surface area contributed by atoms with E-state index in [9.17, 15) is 0 Å². The molecule has 0 bridgehead atoms. The summed E-state index contributed by atoms with van der Waals surface area (Å²) in [5, 5.41) is 13.1. The van der Waals surface area contributed by atoms with Crippen molar-refractivity contribution in [2.45, 2.75) is 37.5 Å². The molecule has 1 aliphatic carbocycles. The Hall–Kier alpha value is -1.14. The molecule has 1 N–H and O–H groups in total. The summed E-state index contributed by atoms with van der Waals surface area (Å²) < 4.78 is 0. The molecule has 1 aliphatic rings. The molecule has 2 rings (SSSR count). The van der Waals surface area contributed by atoms with E-state index in [0.717, 1.165) is 16.5 Å². The number of nitrogens with zero attached hydrogens (tertiary/aromatic N) is 1. The first-order valence-corrected chi connectivity index (χ1v) is 7.26. The summed E-state index contributed by atoms with van der Waals surface area (Å²) in [4.78, 5) is 0. The van der Waals surface area contributed by atoms with Gasteiger partial charge in [0.15, 0.2) is 0 Å². The lowest BCUT2D eigenvalue weighted by Crippen LogP contribution is -2.26. The molecule has 1 aromatic carbocycles. The molecule has 0 aromatic heterocycles. The van der Waals surface area contributed by atoms with Gasteiger partial charge in [-0.25, -0.2) is 0 Å². The standard InChI is InChI=1S/C14H18N2S/c1-2-17-14-5-3-4-13(14)16-12-8-6-11(10-15)7-9-12/h6-9,13-14,16H,2-5H2,1H3. The Morgan fingerprint density at radius 1 is 1.35 bits per heavy atom. The molecule has 0 saturated heterocycles. The number of benzene rings is 1. The molecular weight excluding hydrogens is 228 g/mol. The highest BCUT2D eigenvalue weighted by atomic mass is 32.2. The van der Waals surface area contributed by atoms with Gasteiger partial charge in [-0.05, 0) is 42.9 Å². The van der Waals surface area contributed by atoms with E-state index in [1.165, 1.54) is 25.0 Å². The van der Waals surface area contributed by atoms with Crippen LogP contribution < -0.4 is 5.32 Å². The lowest BCUT2D eigenvalue weighted by molar-refractivity contribution is 0.768. The number of hydrogen-bond donors (Lipinski definition) is 1. The van der Waals surface area contributed by atoms with Crippen molar-refractivity contribution in [1.29, 1.82) is 5.26 Å². The van der Waals surface area contributed by atoms with E-state index in [1.807, 2.05) is 24.3 Å². The third-order valence-electron chi connectivity index (χ3n) is 3.20. The van der Waals surface area contributed by atoms with Crippen molar-refractivity contribution >= 4 is 17.4 Å². The second kappa shape index (κ2) is 5.97. The Kier molecular flexibility index (Phi) is 4.33. The van der Waals surface area contributed by atoms with E-state index in [0.29, 0.717) is 6.04 Å². The van der Waals surface area contributed by atoms with Gasteiger partial charge in [0.1, 0.15) is 0 Å². The minimum Gasteiger partial charge on any atom is -0.381 e. The van der Waals surface area contributed by atoms with Gasteiger partial charge in [-0.15, -0.1) is 0 Å². The highest BCUT2D eigenvalue weighted by Gasteiger charge is 2.26. The molecule has 2 atom stereocenters. The molecule has 2 nitrogen and oxygen atoms in total. The molecule has 17 heavy (non-hydrogen) atoms. The number of nitriles is 1. The Morgan fingerprint density at radius 3 is 2.76 bits per heavy atom. The van der Waals surface area contributed by atoms with E-state index in [2.05, 4.69) is 30.1 Å². The predicted molar refractivity (Wildman–Crippen MR) is 74.3 cm³/mol. The van der Waals surface area contributed by atoms with Crippen molar-refractivity contribution in [3.8, 4) is 6.07 Å². The van der Waals surface area contributed by atoms with Crippen molar-refractivity contribution in [2.75, 3.05) is 11.1 Å². The quantitative estimate of drug-likeness (QED) is 0.881. The van der Waals surface area contributed by atoms with Gasteiger partial charge in [-0.1, -0.05) is 13.3 Å². The maximum absolute atomic E-state index is 8.75. The zero-order valence-electron chi connectivity index (χ0n) is 10.1. The van der Waals surface area contributed by atoms with Gasteiger partial charge in [-0.3, -0.25) is 0 Å². The molecular formula is C14H18N2S. The summed E-state index contributed by atoms with van der Waals surface area (Å²) in [6.45, 7) is 2.22. The van der Waals surface area contributed by atoms with E-state index >= 15 is 0 Å². The number of rotatable bonds is 4. The fourth-order valence-corrected chi connectivity index (χ4v) is 3.56. The van der Waals surface area contributed by atoms with Crippen LogP contribution in [0.4, 0.5) is 5.69 Å². The third kappa shape index (κ3) is 3.17. The largest absolute Gasteiger partial charge is 0.381 e. The zero-order valence-corrected chi connectivity index (χ0v) is 11.0. The lowest BCUT2D eigenvalue weighted by atomic mass is 10.2. The SMILES string of the molecule is CCSC1CCCC1Nc1ccc(C#N)cc1. The summed E-state index contributed by atoms with van der Waals surface area (Å²) >= 11 is 2.06. The summed E-state index contributed by atoms with van der Waals surface area (Å²) in [5.74, 6) is 1.19. The molecule has 90 valence electrons. The fraction of sp³-hybridized carbons (Fsp3) is 0.500. The minimum atomic E-state index is 0.591. The van der Waals surface area contributed by atoms with Crippen LogP contribution in [0.1, 0.15) is 31.7 Å². The Balaban J connectivity index is 1.97. The van der Waals surface area contributed by atoms with Crippen LogP contribution in [-0.2, 0) is 0 Å². The molecule has 3 heteroatoms. The van der Waals surface area contributed by atoms with Gasteiger partial charge in [0, 0.05) is 17.0 Å². The summed E-state index contributed by atoms with van der Waals surface area (Å²) in [6.07, 6.45) is 3.91. The number of hydrogen-bond acceptors (Lipinski definition) is 3. The zero-order chi connectivity index (χ0) is 12.1. The summed E-state index contributed by atoms with van der Waals surface area (Å²) in [5.41, 5.74) is 1.86. The first-order chi connectivity index (χ1) is 8.33. The van der Waals surface area contributed by atoms with E-state index in [-0.39, 0.29) is 0 Å². The molecule has 1 fully saturated rings. The minimum absolute atomic E-state index is 0.591.